The molecule has 1 aliphatic rings. The Morgan fingerprint density at radius 2 is 2.00 bits per heavy atom. The number of hydrogen-bond acceptors (Lipinski definition) is 4. The molecule has 0 radical (unpaired) electrons. The molecule has 0 saturated carbocycles. The Morgan fingerprint density at radius 1 is 1.43 bits per heavy atom. The lowest BCUT2D eigenvalue weighted by atomic mass is 9.81. The maximum absolute atomic E-state index is 13.9. The smallest absolute Gasteiger partial charge is 0.369 e. The van der Waals surface area contributed by atoms with Crippen LogP contribution in [-0.4, -0.2) is 47.3 Å². The molecule has 1 heterocycles. The van der Waals surface area contributed by atoms with Crippen molar-refractivity contribution in [1.82, 2.24) is 10.2 Å². The van der Waals surface area contributed by atoms with Crippen molar-refractivity contribution in [2.75, 3.05) is 14.2 Å². The number of nitrogens with zero attached hydrogens (tertiary/aromatic N) is 1. The predicted octanol–water partition coefficient (Wildman–Crippen LogP) is 1.69. The van der Waals surface area contributed by atoms with E-state index in [1.165, 1.54) is 12.1 Å². The number of carbonyl (C=O) groups is 2. The Kier molecular flexibility index (Phi) is 4.50. The van der Waals surface area contributed by atoms with E-state index < -0.39 is 35.1 Å². The minimum Gasteiger partial charge on any atom is -0.469 e. The van der Waals surface area contributed by atoms with Crippen molar-refractivity contribution in [3.05, 3.63) is 35.9 Å². The molecule has 1 fully saturated rings. The van der Waals surface area contributed by atoms with Gasteiger partial charge in [-0.1, -0.05) is 30.3 Å². The maximum atomic E-state index is 13.9. The molecular formula is C14H15ClF2N2O4. The molecule has 0 unspecified atom stereocenters. The normalized spacial score (nSPS) is 28.3. The van der Waals surface area contributed by atoms with E-state index in [1.54, 1.807) is 18.2 Å². The number of nitrogens with one attached hydrogen (secondary N) is 1. The SMILES string of the molecule is COC(=O)[C@@H]1[C@H](c2ccccc2)NC(=O)N(C)[C@@]1(O)C(F)(F)Cl. The predicted molar refractivity (Wildman–Crippen MR) is 76.7 cm³/mol. The Balaban J connectivity index is 2.63. The number of methoxy groups -OCH3 is 1. The number of benzene rings is 1. The lowest BCUT2D eigenvalue weighted by molar-refractivity contribution is -0.242. The molecular weight excluding hydrogens is 334 g/mol. The van der Waals surface area contributed by atoms with Gasteiger partial charge in [-0.15, -0.1) is 0 Å². The van der Waals surface area contributed by atoms with Crippen LogP contribution in [0.5, 0.6) is 0 Å². The summed E-state index contributed by atoms with van der Waals surface area (Å²) in [6.07, 6.45) is 0. The van der Waals surface area contributed by atoms with Crippen LogP contribution in [-0.2, 0) is 9.53 Å². The molecule has 23 heavy (non-hydrogen) atoms. The van der Waals surface area contributed by atoms with Gasteiger partial charge in [0, 0.05) is 7.05 Å². The molecule has 2 rings (SSSR count). The number of urea groups is 1. The molecule has 2 N–H and O–H groups in total. The Bertz CT molecular complexity index is 611. The topological polar surface area (TPSA) is 78.9 Å². The highest BCUT2D eigenvalue weighted by Gasteiger charge is 2.68. The Morgan fingerprint density at radius 3 is 2.48 bits per heavy atom. The number of halogens is 3. The summed E-state index contributed by atoms with van der Waals surface area (Å²) in [6, 6.07) is 5.70. The summed E-state index contributed by atoms with van der Waals surface area (Å²) in [7, 11) is 1.91. The summed E-state index contributed by atoms with van der Waals surface area (Å²) in [5.74, 6) is -2.97. The van der Waals surface area contributed by atoms with Crippen LogP contribution in [0.25, 0.3) is 0 Å². The van der Waals surface area contributed by atoms with Gasteiger partial charge in [-0.3, -0.25) is 9.69 Å². The van der Waals surface area contributed by atoms with E-state index in [0.29, 0.717) is 10.5 Å². The third-order valence-electron chi connectivity index (χ3n) is 3.89. The first-order valence-corrected chi connectivity index (χ1v) is 6.98. The lowest BCUT2D eigenvalue weighted by Crippen LogP contribution is -2.72. The number of amides is 2. The summed E-state index contributed by atoms with van der Waals surface area (Å²) < 4.78 is 32.4. The summed E-state index contributed by atoms with van der Waals surface area (Å²) in [6.45, 7) is 0. The molecule has 0 spiro atoms. The van der Waals surface area contributed by atoms with Crippen LogP contribution in [0.3, 0.4) is 0 Å². The van der Waals surface area contributed by atoms with Crippen LogP contribution in [0.4, 0.5) is 13.6 Å². The van der Waals surface area contributed by atoms with Gasteiger partial charge in [-0.05, 0) is 17.2 Å². The van der Waals surface area contributed by atoms with Crippen molar-refractivity contribution >= 4 is 23.6 Å². The second kappa shape index (κ2) is 5.93. The van der Waals surface area contributed by atoms with Gasteiger partial charge < -0.3 is 15.2 Å². The maximum Gasteiger partial charge on any atom is 0.369 e. The highest BCUT2D eigenvalue weighted by molar-refractivity contribution is 6.22. The van der Waals surface area contributed by atoms with Gasteiger partial charge in [0.15, 0.2) is 0 Å². The van der Waals surface area contributed by atoms with Crippen molar-refractivity contribution in [3.8, 4) is 0 Å². The van der Waals surface area contributed by atoms with Crippen LogP contribution in [0.1, 0.15) is 11.6 Å². The van der Waals surface area contributed by atoms with E-state index in [1.807, 2.05) is 0 Å². The zero-order valence-electron chi connectivity index (χ0n) is 12.3. The van der Waals surface area contributed by atoms with E-state index in [9.17, 15) is 23.5 Å². The van der Waals surface area contributed by atoms with Crippen LogP contribution >= 0.6 is 11.6 Å². The highest BCUT2D eigenvalue weighted by atomic mass is 35.5. The average Bonchev–Trinajstić information content (AvgIpc) is 2.51. The molecule has 2 amide bonds. The molecule has 1 saturated heterocycles. The largest absolute Gasteiger partial charge is 0.469 e. The number of alkyl halides is 3. The minimum atomic E-state index is -4.29. The molecule has 1 aromatic carbocycles. The zero-order valence-corrected chi connectivity index (χ0v) is 13.1. The number of hydrogen-bond donors (Lipinski definition) is 2. The van der Waals surface area contributed by atoms with Crippen LogP contribution in [0, 0.1) is 5.92 Å². The van der Waals surface area contributed by atoms with Crippen molar-refractivity contribution in [1.29, 1.82) is 0 Å². The quantitative estimate of drug-likeness (QED) is 0.643. The van der Waals surface area contributed by atoms with Gasteiger partial charge >= 0.3 is 17.4 Å². The number of esters is 1. The zero-order chi connectivity index (χ0) is 17.4. The van der Waals surface area contributed by atoms with Crippen molar-refractivity contribution in [3.63, 3.8) is 0 Å². The van der Waals surface area contributed by atoms with Crippen molar-refractivity contribution < 1.29 is 28.2 Å². The average molecular weight is 349 g/mol. The fourth-order valence-corrected chi connectivity index (χ4v) is 2.88. The first-order valence-electron chi connectivity index (χ1n) is 6.60. The summed E-state index contributed by atoms with van der Waals surface area (Å²) in [5, 5.41) is 8.64. The van der Waals surface area contributed by atoms with Gasteiger partial charge in [-0.25, -0.2) is 4.79 Å². The molecule has 9 heteroatoms. The monoisotopic (exact) mass is 348 g/mol. The Labute approximate surface area is 136 Å². The Hall–Kier alpha value is -1.93. The van der Waals surface area contributed by atoms with Crippen LogP contribution in [0.2, 0.25) is 0 Å². The second-order valence-corrected chi connectivity index (χ2v) is 5.60. The molecule has 126 valence electrons. The number of ether oxygens (including phenoxy) is 1. The number of aliphatic hydroxyl groups is 1. The first-order chi connectivity index (χ1) is 10.6. The van der Waals surface area contributed by atoms with E-state index in [-0.39, 0.29) is 0 Å². The number of carbonyl (C=O) groups excluding carboxylic acids is 2. The highest BCUT2D eigenvalue weighted by Crippen LogP contribution is 2.47. The summed E-state index contributed by atoms with van der Waals surface area (Å²) >= 11 is 5.05. The number of rotatable bonds is 3. The van der Waals surface area contributed by atoms with E-state index >= 15 is 0 Å². The minimum absolute atomic E-state index is 0.307. The van der Waals surface area contributed by atoms with Gasteiger partial charge in [0.05, 0.1) is 13.2 Å². The fourth-order valence-electron chi connectivity index (χ4n) is 2.64. The van der Waals surface area contributed by atoms with Crippen LogP contribution in [0.15, 0.2) is 30.3 Å². The first kappa shape index (κ1) is 17.4. The van der Waals surface area contributed by atoms with Crippen molar-refractivity contribution in [2.45, 2.75) is 17.1 Å². The lowest BCUT2D eigenvalue weighted by Gasteiger charge is -2.49. The standard InChI is InChI=1S/C14H15ClF2N2O4/c1-19-12(21)18-10(8-6-4-3-5-7-8)9(11(20)23-2)13(19,22)14(15,16)17/h3-7,9-10,22H,1-2H3,(H,18,21)/t9-,10-,13-/m0/s1. The molecule has 0 aliphatic carbocycles. The molecule has 1 aromatic rings. The summed E-state index contributed by atoms with van der Waals surface area (Å²) in [5.41, 5.74) is -2.91. The van der Waals surface area contributed by atoms with Crippen molar-refractivity contribution in [2.24, 2.45) is 5.92 Å². The second-order valence-electron chi connectivity index (χ2n) is 5.12. The van der Waals surface area contributed by atoms with Gasteiger partial charge in [0.1, 0.15) is 5.92 Å². The fraction of sp³-hybridized carbons (Fsp3) is 0.429. The molecule has 3 atom stereocenters. The van der Waals surface area contributed by atoms with Gasteiger partial charge in [0.2, 0.25) is 5.72 Å². The molecule has 0 bridgehead atoms. The molecule has 6 nitrogen and oxygen atoms in total. The van der Waals surface area contributed by atoms with Gasteiger partial charge in [0.25, 0.3) is 0 Å². The van der Waals surface area contributed by atoms with E-state index in [0.717, 1.165) is 14.2 Å². The third-order valence-corrected chi connectivity index (χ3v) is 4.17. The van der Waals surface area contributed by atoms with E-state index in [2.05, 4.69) is 10.1 Å². The van der Waals surface area contributed by atoms with E-state index in [4.69, 9.17) is 11.6 Å². The summed E-state index contributed by atoms with van der Waals surface area (Å²) in [4.78, 5) is 24.4. The van der Waals surface area contributed by atoms with Crippen LogP contribution < -0.4 is 5.32 Å². The molecule has 1 aliphatic heterocycles. The molecule has 0 aromatic heterocycles. The third kappa shape index (κ3) is 2.72. The van der Waals surface area contributed by atoms with Gasteiger partial charge in [-0.2, -0.15) is 8.78 Å².